The highest BCUT2D eigenvalue weighted by atomic mass is 16.3. The standard InChI is InChI=1S/C24H33N3O3.2C2H6/c1-5-21-12-11-20(13-17(21)2)15-24(30)25-22(14-19-9-7-6-8-10-19)23(29)16-27(4)26-18(3)28;2*1-2/h6-13,22-23,29H,5,14-16H2,1-4H3,(H,25,30)(H,26,28);2*1-2H3/t22-,23?;;/m0../s1. The van der Waals surface area contributed by atoms with Gasteiger partial charge in [-0.25, -0.2) is 5.01 Å². The van der Waals surface area contributed by atoms with Crippen molar-refractivity contribution >= 4 is 11.8 Å². The van der Waals surface area contributed by atoms with Crippen LogP contribution in [0.5, 0.6) is 0 Å². The van der Waals surface area contributed by atoms with Crippen molar-refractivity contribution in [3.8, 4) is 0 Å². The zero-order valence-corrected chi connectivity index (χ0v) is 22.3. The number of rotatable bonds is 10. The molecule has 0 saturated carbocycles. The van der Waals surface area contributed by atoms with Crippen LogP contribution in [0.1, 0.15) is 63.8 Å². The number of amides is 2. The van der Waals surface area contributed by atoms with E-state index in [-0.39, 0.29) is 24.8 Å². The van der Waals surface area contributed by atoms with Crippen LogP contribution in [-0.4, -0.2) is 47.7 Å². The van der Waals surface area contributed by atoms with Crippen LogP contribution in [-0.2, 0) is 28.9 Å². The van der Waals surface area contributed by atoms with Crippen molar-refractivity contribution < 1.29 is 14.7 Å². The molecule has 2 amide bonds. The molecule has 2 rings (SSSR count). The molecular weight excluding hydrogens is 426 g/mol. The van der Waals surface area contributed by atoms with Gasteiger partial charge in [0.15, 0.2) is 0 Å². The average Bonchev–Trinajstić information content (AvgIpc) is 2.81. The molecule has 0 saturated heterocycles. The first-order valence-corrected chi connectivity index (χ1v) is 12.4. The summed E-state index contributed by atoms with van der Waals surface area (Å²) in [7, 11) is 1.68. The van der Waals surface area contributed by atoms with Gasteiger partial charge in [0, 0.05) is 20.5 Å². The van der Waals surface area contributed by atoms with Crippen LogP contribution in [0.2, 0.25) is 0 Å². The van der Waals surface area contributed by atoms with E-state index in [0.29, 0.717) is 6.42 Å². The summed E-state index contributed by atoms with van der Waals surface area (Å²) in [6, 6.07) is 15.4. The zero-order chi connectivity index (χ0) is 26.1. The smallest absolute Gasteiger partial charge is 0.231 e. The SMILES string of the molecule is CC.CC.CCc1ccc(CC(=O)N[C@@H](Cc2ccccc2)C(O)CN(C)NC(C)=O)cc1C. The third-order valence-electron chi connectivity index (χ3n) is 5.07. The molecule has 6 nitrogen and oxygen atoms in total. The first kappa shape index (κ1) is 31.3. The van der Waals surface area contributed by atoms with Gasteiger partial charge in [-0.15, -0.1) is 0 Å². The molecule has 0 aliphatic rings. The second-order valence-corrected chi connectivity index (χ2v) is 7.77. The highest BCUT2D eigenvalue weighted by Gasteiger charge is 2.23. The van der Waals surface area contributed by atoms with Crippen molar-refractivity contribution in [2.24, 2.45) is 0 Å². The van der Waals surface area contributed by atoms with Crippen molar-refractivity contribution in [3.63, 3.8) is 0 Å². The molecule has 34 heavy (non-hydrogen) atoms. The Morgan fingerprint density at radius 3 is 2.15 bits per heavy atom. The molecule has 0 aliphatic carbocycles. The summed E-state index contributed by atoms with van der Waals surface area (Å²) in [5.41, 5.74) is 7.05. The summed E-state index contributed by atoms with van der Waals surface area (Å²) in [6.45, 7) is 13.8. The van der Waals surface area contributed by atoms with Crippen LogP contribution in [0.4, 0.5) is 0 Å². The van der Waals surface area contributed by atoms with Crippen LogP contribution in [0.15, 0.2) is 48.5 Å². The molecule has 2 aromatic rings. The number of aliphatic hydroxyl groups is 1. The summed E-state index contributed by atoms with van der Waals surface area (Å²) >= 11 is 0. The zero-order valence-electron chi connectivity index (χ0n) is 22.3. The number of benzene rings is 2. The minimum Gasteiger partial charge on any atom is -0.390 e. The third kappa shape index (κ3) is 12.0. The molecule has 0 aliphatic heterocycles. The van der Waals surface area contributed by atoms with Gasteiger partial charge in [0.1, 0.15) is 0 Å². The Bertz CT molecular complexity index is 840. The lowest BCUT2D eigenvalue weighted by atomic mass is 9.99. The fourth-order valence-corrected chi connectivity index (χ4v) is 3.58. The summed E-state index contributed by atoms with van der Waals surface area (Å²) in [5.74, 6) is -0.347. The number of aryl methyl sites for hydroxylation is 2. The van der Waals surface area contributed by atoms with E-state index in [9.17, 15) is 14.7 Å². The second-order valence-electron chi connectivity index (χ2n) is 7.77. The van der Waals surface area contributed by atoms with E-state index < -0.39 is 12.1 Å². The lowest BCUT2D eigenvalue weighted by Gasteiger charge is -2.28. The summed E-state index contributed by atoms with van der Waals surface area (Å²) in [5, 5.41) is 15.3. The average molecular weight is 472 g/mol. The number of nitrogens with zero attached hydrogens (tertiary/aromatic N) is 1. The van der Waals surface area contributed by atoms with E-state index in [4.69, 9.17) is 0 Å². The van der Waals surface area contributed by atoms with Gasteiger partial charge in [-0.2, -0.15) is 0 Å². The Hall–Kier alpha value is -2.70. The molecule has 0 bridgehead atoms. The number of hydrogen-bond donors (Lipinski definition) is 3. The first-order valence-electron chi connectivity index (χ1n) is 12.4. The fraction of sp³-hybridized carbons (Fsp3) is 0.500. The predicted octanol–water partition coefficient (Wildman–Crippen LogP) is 4.22. The van der Waals surface area contributed by atoms with Crippen LogP contribution < -0.4 is 10.7 Å². The lowest BCUT2D eigenvalue weighted by Crippen LogP contribution is -2.52. The molecule has 0 spiro atoms. The number of hydrazine groups is 1. The Labute approximate surface area is 206 Å². The molecule has 3 N–H and O–H groups in total. The Kier molecular flexibility index (Phi) is 16.3. The number of likely N-dealkylation sites (N-methyl/N-ethyl adjacent to an activating group) is 1. The fourth-order valence-electron chi connectivity index (χ4n) is 3.58. The maximum atomic E-state index is 12.7. The predicted molar refractivity (Wildman–Crippen MR) is 141 cm³/mol. The monoisotopic (exact) mass is 471 g/mol. The van der Waals surface area contributed by atoms with Crippen LogP contribution in [0.25, 0.3) is 0 Å². The minimum atomic E-state index is -0.852. The van der Waals surface area contributed by atoms with Crippen LogP contribution >= 0.6 is 0 Å². The molecule has 0 heterocycles. The van der Waals surface area contributed by atoms with Gasteiger partial charge in [0.2, 0.25) is 11.8 Å². The van der Waals surface area contributed by atoms with Gasteiger partial charge in [0.05, 0.1) is 18.6 Å². The summed E-state index contributed by atoms with van der Waals surface area (Å²) in [4.78, 5) is 24.0. The maximum absolute atomic E-state index is 12.7. The molecule has 0 aromatic heterocycles. The van der Waals surface area contributed by atoms with Gasteiger partial charge in [-0.1, -0.05) is 83.1 Å². The quantitative estimate of drug-likeness (QED) is 0.453. The van der Waals surface area contributed by atoms with Crippen molar-refractivity contribution in [1.82, 2.24) is 15.8 Å². The Morgan fingerprint density at radius 2 is 1.62 bits per heavy atom. The van der Waals surface area contributed by atoms with Crippen molar-refractivity contribution in [2.45, 2.75) is 79.9 Å². The number of aliphatic hydroxyl groups excluding tert-OH is 1. The van der Waals surface area contributed by atoms with Crippen LogP contribution in [0.3, 0.4) is 0 Å². The van der Waals surface area contributed by atoms with E-state index in [1.807, 2.05) is 70.2 Å². The summed E-state index contributed by atoms with van der Waals surface area (Å²) < 4.78 is 0. The topological polar surface area (TPSA) is 81.7 Å². The van der Waals surface area contributed by atoms with Crippen molar-refractivity contribution in [2.75, 3.05) is 13.6 Å². The van der Waals surface area contributed by atoms with Gasteiger partial charge in [0.25, 0.3) is 0 Å². The van der Waals surface area contributed by atoms with E-state index in [1.165, 1.54) is 23.1 Å². The third-order valence-corrected chi connectivity index (χ3v) is 5.07. The molecular formula is C28H45N3O3. The minimum absolute atomic E-state index is 0.138. The normalized spacial score (nSPS) is 11.8. The number of hydrogen-bond acceptors (Lipinski definition) is 4. The van der Waals surface area contributed by atoms with Crippen LogP contribution in [0, 0.1) is 6.92 Å². The molecule has 2 atom stereocenters. The summed E-state index contributed by atoms with van der Waals surface area (Å²) in [6.07, 6.45) is 0.862. The molecule has 6 heteroatoms. The van der Waals surface area contributed by atoms with E-state index in [0.717, 1.165) is 17.5 Å². The largest absolute Gasteiger partial charge is 0.390 e. The Balaban J connectivity index is 0.00000258. The van der Waals surface area contributed by atoms with Crippen molar-refractivity contribution in [3.05, 3.63) is 70.8 Å². The molecule has 190 valence electrons. The molecule has 1 unspecified atom stereocenters. The lowest BCUT2D eigenvalue weighted by molar-refractivity contribution is -0.125. The number of nitrogens with one attached hydrogen (secondary N) is 2. The maximum Gasteiger partial charge on any atom is 0.231 e. The van der Waals surface area contributed by atoms with Crippen molar-refractivity contribution in [1.29, 1.82) is 0 Å². The van der Waals surface area contributed by atoms with Gasteiger partial charge in [-0.3, -0.25) is 15.0 Å². The van der Waals surface area contributed by atoms with Gasteiger partial charge >= 0.3 is 0 Å². The Morgan fingerprint density at radius 1 is 1.00 bits per heavy atom. The highest BCUT2D eigenvalue weighted by molar-refractivity contribution is 5.79. The molecule has 0 fully saturated rings. The van der Waals surface area contributed by atoms with Gasteiger partial charge < -0.3 is 10.4 Å². The van der Waals surface area contributed by atoms with E-state index >= 15 is 0 Å². The number of carbonyl (C=O) groups is 2. The van der Waals surface area contributed by atoms with Gasteiger partial charge in [-0.05, 0) is 42.0 Å². The second kappa shape index (κ2) is 17.7. The first-order chi connectivity index (χ1) is 16.3. The molecule has 2 aromatic carbocycles. The number of carbonyl (C=O) groups excluding carboxylic acids is 2. The highest BCUT2D eigenvalue weighted by Crippen LogP contribution is 2.13. The van der Waals surface area contributed by atoms with E-state index in [1.54, 1.807) is 7.05 Å². The molecule has 0 radical (unpaired) electrons. The van der Waals surface area contributed by atoms with E-state index in [2.05, 4.69) is 30.7 Å².